The lowest BCUT2D eigenvalue weighted by Crippen LogP contribution is -2.32. The van der Waals surface area contributed by atoms with Gasteiger partial charge < -0.3 is 10.5 Å². The molecular weight excluding hydrogens is 221 g/mol. The number of halogens is 1. The van der Waals surface area contributed by atoms with Gasteiger partial charge in [0.25, 0.3) is 0 Å². The Balaban J connectivity index is 2.73. The lowest BCUT2D eigenvalue weighted by Gasteiger charge is -2.17. The van der Waals surface area contributed by atoms with E-state index in [9.17, 15) is 9.18 Å². The van der Waals surface area contributed by atoms with E-state index in [1.165, 1.54) is 19.2 Å². The molecule has 0 aliphatic rings. The molecule has 0 aliphatic carbocycles. The van der Waals surface area contributed by atoms with Crippen LogP contribution in [0.5, 0.6) is 5.75 Å². The number of hydrogen-bond donors (Lipinski definition) is 1. The highest BCUT2D eigenvalue weighted by atomic mass is 19.1. The van der Waals surface area contributed by atoms with Gasteiger partial charge in [0.05, 0.1) is 7.11 Å². The molecule has 94 valence electrons. The third kappa shape index (κ3) is 4.15. The van der Waals surface area contributed by atoms with Crippen LogP contribution in [0.3, 0.4) is 0 Å². The van der Waals surface area contributed by atoms with Gasteiger partial charge in [-0.3, -0.25) is 4.79 Å². The predicted octanol–water partition coefficient (Wildman–Crippen LogP) is 2.53. The van der Waals surface area contributed by atoms with Crippen molar-refractivity contribution in [1.82, 2.24) is 0 Å². The van der Waals surface area contributed by atoms with Gasteiger partial charge in [-0.1, -0.05) is 0 Å². The molecule has 0 amide bonds. The maximum atomic E-state index is 13.4. The fraction of sp³-hybridized carbons (Fsp3) is 0.462. The topological polar surface area (TPSA) is 52.3 Å². The molecule has 3 nitrogen and oxygen atoms in total. The SMILES string of the molecule is COc1ccc(C(=O)CCC(C)(C)N)cc1F. The van der Waals surface area contributed by atoms with E-state index in [-0.39, 0.29) is 17.1 Å². The summed E-state index contributed by atoms with van der Waals surface area (Å²) in [6, 6.07) is 4.22. The summed E-state index contributed by atoms with van der Waals surface area (Å²) in [6.07, 6.45) is 0.884. The molecule has 4 heteroatoms. The first kappa shape index (κ1) is 13.6. The fourth-order valence-corrected chi connectivity index (χ4v) is 1.42. The molecule has 0 unspecified atom stereocenters. The predicted molar refractivity (Wildman–Crippen MR) is 64.8 cm³/mol. The number of carbonyl (C=O) groups is 1. The third-order valence-electron chi connectivity index (χ3n) is 2.47. The minimum atomic E-state index is -0.523. The fourth-order valence-electron chi connectivity index (χ4n) is 1.42. The molecule has 0 heterocycles. The highest BCUT2D eigenvalue weighted by Gasteiger charge is 2.15. The molecule has 0 radical (unpaired) electrons. The number of methoxy groups -OCH3 is 1. The molecular formula is C13H18FNO2. The zero-order valence-electron chi connectivity index (χ0n) is 10.4. The number of ether oxygens (including phenoxy) is 1. The van der Waals surface area contributed by atoms with Gasteiger partial charge in [0, 0.05) is 17.5 Å². The Morgan fingerprint density at radius 3 is 2.59 bits per heavy atom. The summed E-state index contributed by atoms with van der Waals surface area (Å²) in [5.41, 5.74) is 5.76. The maximum Gasteiger partial charge on any atom is 0.165 e. The second-order valence-corrected chi connectivity index (χ2v) is 4.76. The van der Waals surface area contributed by atoms with Crippen molar-refractivity contribution < 1.29 is 13.9 Å². The Labute approximate surface area is 101 Å². The molecule has 0 fully saturated rings. The molecule has 0 saturated heterocycles. The number of hydrogen-bond acceptors (Lipinski definition) is 3. The first-order valence-corrected chi connectivity index (χ1v) is 5.49. The second kappa shape index (κ2) is 5.27. The van der Waals surface area contributed by atoms with E-state index >= 15 is 0 Å². The molecule has 1 aromatic rings. The van der Waals surface area contributed by atoms with Crippen LogP contribution < -0.4 is 10.5 Å². The summed E-state index contributed by atoms with van der Waals surface area (Å²) in [5, 5.41) is 0. The summed E-state index contributed by atoms with van der Waals surface area (Å²) in [4.78, 5) is 11.8. The Hall–Kier alpha value is -1.42. The summed E-state index contributed by atoms with van der Waals surface area (Å²) in [7, 11) is 1.39. The number of nitrogens with two attached hydrogens (primary N) is 1. The van der Waals surface area contributed by atoms with E-state index in [4.69, 9.17) is 10.5 Å². The van der Waals surface area contributed by atoms with Crippen LogP contribution in [0.2, 0.25) is 0 Å². The summed E-state index contributed by atoms with van der Waals surface area (Å²) < 4.78 is 18.2. The highest BCUT2D eigenvalue weighted by Crippen LogP contribution is 2.19. The molecule has 0 atom stereocenters. The Morgan fingerprint density at radius 2 is 2.12 bits per heavy atom. The Morgan fingerprint density at radius 1 is 1.47 bits per heavy atom. The van der Waals surface area contributed by atoms with Crippen LogP contribution in [0.25, 0.3) is 0 Å². The standard InChI is InChI=1S/C13H18FNO2/c1-13(2,15)7-6-11(16)9-4-5-12(17-3)10(14)8-9/h4-5,8H,6-7,15H2,1-3H3. The molecule has 2 N–H and O–H groups in total. The monoisotopic (exact) mass is 239 g/mol. The van der Waals surface area contributed by atoms with Crippen molar-refractivity contribution in [3.8, 4) is 5.75 Å². The minimum absolute atomic E-state index is 0.106. The lowest BCUT2D eigenvalue weighted by molar-refractivity contribution is 0.0972. The molecule has 1 rings (SSSR count). The smallest absolute Gasteiger partial charge is 0.165 e. The number of carbonyl (C=O) groups excluding carboxylic acids is 1. The number of benzene rings is 1. The first-order valence-electron chi connectivity index (χ1n) is 5.49. The van der Waals surface area contributed by atoms with Gasteiger partial charge >= 0.3 is 0 Å². The number of Topliss-reactive ketones (excluding diaryl/α,β-unsaturated/α-hetero) is 1. The van der Waals surface area contributed by atoms with Crippen LogP contribution >= 0.6 is 0 Å². The quantitative estimate of drug-likeness (QED) is 0.803. The van der Waals surface area contributed by atoms with Crippen molar-refractivity contribution >= 4 is 5.78 Å². The van der Waals surface area contributed by atoms with E-state index in [0.29, 0.717) is 18.4 Å². The van der Waals surface area contributed by atoms with E-state index in [2.05, 4.69) is 0 Å². The van der Waals surface area contributed by atoms with Gasteiger partial charge in [0.15, 0.2) is 17.3 Å². The second-order valence-electron chi connectivity index (χ2n) is 4.76. The summed E-state index contributed by atoms with van der Waals surface area (Å²) in [5.74, 6) is -0.490. The zero-order valence-corrected chi connectivity index (χ0v) is 10.4. The van der Waals surface area contributed by atoms with Gasteiger partial charge in [-0.05, 0) is 38.5 Å². The zero-order chi connectivity index (χ0) is 13.1. The number of ketones is 1. The normalized spacial score (nSPS) is 11.4. The van der Waals surface area contributed by atoms with Gasteiger partial charge in [-0.15, -0.1) is 0 Å². The first-order chi connectivity index (χ1) is 7.83. The van der Waals surface area contributed by atoms with Crippen molar-refractivity contribution in [2.45, 2.75) is 32.2 Å². The molecule has 0 saturated carbocycles. The molecule has 1 aromatic carbocycles. The summed E-state index contributed by atoms with van der Waals surface area (Å²) in [6.45, 7) is 3.71. The van der Waals surface area contributed by atoms with Crippen molar-refractivity contribution in [2.75, 3.05) is 7.11 Å². The van der Waals surface area contributed by atoms with E-state index in [0.717, 1.165) is 0 Å². The van der Waals surface area contributed by atoms with Crippen LogP contribution in [-0.4, -0.2) is 18.4 Å². The van der Waals surface area contributed by atoms with Gasteiger partial charge in [-0.2, -0.15) is 0 Å². The van der Waals surface area contributed by atoms with Crippen molar-refractivity contribution in [2.24, 2.45) is 5.73 Å². The summed E-state index contributed by atoms with van der Waals surface area (Å²) >= 11 is 0. The van der Waals surface area contributed by atoms with Gasteiger partial charge in [0.1, 0.15) is 0 Å². The van der Waals surface area contributed by atoms with E-state index in [1.807, 2.05) is 13.8 Å². The van der Waals surface area contributed by atoms with Crippen molar-refractivity contribution in [3.05, 3.63) is 29.6 Å². The Kier molecular flexibility index (Phi) is 4.23. The number of rotatable bonds is 5. The molecule has 0 aliphatic heterocycles. The Bertz CT molecular complexity index is 410. The molecule has 0 bridgehead atoms. The van der Waals surface area contributed by atoms with Crippen LogP contribution in [0.4, 0.5) is 4.39 Å². The van der Waals surface area contributed by atoms with Crippen LogP contribution in [0.1, 0.15) is 37.0 Å². The minimum Gasteiger partial charge on any atom is -0.494 e. The largest absolute Gasteiger partial charge is 0.494 e. The molecule has 0 spiro atoms. The molecule has 17 heavy (non-hydrogen) atoms. The van der Waals surface area contributed by atoms with E-state index < -0.39 is 5.82 Å². The van der Waals surface area contributed by atoms with Crippen LogP contribution in [0.15, 0.2) is 18.2 Å². The third-order valence-corrected chi connectivity index (χ3v) is 2.47. The van der Waals surface area contributed by atoms with Crippen molar-refractivity contribution in [3.63, 3.8) is 0 Å². The van der Waals surface area contributed by atoms with Gasteiger partial charge in [0.2, 0.25) is 0 Å². The average Bonchev–Trinajstić information content (AvgIpc) is 2.24. The average molecular weight is 239 g/mol. The molecule has 0 aromatic heterocycles. The van der Waals surface area contributed by atoms with Crippen LogP contribution in [0, 0.1) is 5.82 Å². The van der Waals surface area contributed by atoms with Gasteiger partial charge in [-0.25, -0.2) is 4.39 Å². The maximum absolute atomic E-state index is 13.4. The lowest BCUT2D eigenvalue weighted by atomic mass is 9.96. The van der Waals surface area contributed by atoms with Crippen molar-refractivity contribution in [1.29, 1.82) is 0 Å². The van der Waals surface area contributed by atoms with E-state index in [1.54, 1.807) is 6.07 Å². The highest BCUT2D eigenvalue weighted by molar-refractivity contribution is 5.96. The van der Waals surface area contributed by atoms with Crippen LogP contribution in [-0.2, 0) is 0 Å².